The minimum absolute atomic E-state index is 0.00574. The van der Waals surface area contributed by atoms with Crippen molar-refractivity contribution in [3.8, 4) is 22.9 Å². The number of ether oxygens (including phenoxy) is 2. The number of nitrogens with zero attached hydrogens (tertiary/aromatic N) is 3. The van der Waals surface area contributed by atoms with Crippen molar-refractivity contribution in [1.82, 2.24) is 30.2 Å². The van der Waals surface area contributed by atoms with Gasteiger partial charge in [-0.15, -0.1) is 11.3 Å². The van der Waals surface area contributed by atoms with E-state index in [1.54, 1.807) is 43.5 Å². The number of allylic oxidation sites excluding steroid dienone is 1. The number of aromatic nitrogens is 2. The summed E-state index contributed by atoms with van der Waals surface area (Å²) < 4.78 is 42.3. The van der Waals surface area contributed by atoms with Crippen LogP contribution in [0.25, 0.3) is 22.3 Å². The van der Waals surface area contributed by atoms with Gasteiger partial charge in [-0.25, -0.2) is 23.1 Å². The third kappa shape index (κ3) is 11.0. The van der Waals surface area contributed by atoms with Gasteiger partial charge in [-0.1, -0.05) is 44.6 Å². The van der Waals surface area contributed by atoms with Gasteiger partial charge in [0.2, 0.25) is 17.7 Å². The van der Waals surface area contributed by atoms with Gasteiger partial charge in [0.15, 0.2) is 5.13 Å². The molecule has 3 aliphatic rings. The van der Waals surface area contributed by atoms with Crippen molar-refractivity contribution in [3.05, 3.63) is 66.1 Å². The van der Waals surface area contributed by atoms with Crippen LogP contribution in [0.2, 0.25) is 0 Å². The molecule has 1 saturated carbocycles. The second kappa shape index (κ2) is 20.2. The maximum Gasteiger partial charge on any atom is 0.266 e. The monoisotopic (exact) mass is 928 g/mol. The van der Waals surface area contributed by atoms with E-state index in [2.05, 4.69) is 26.0 Å². The van der Waals surface area contributed by atoms with Crippen molar-refractivity contribution in [3.63, 3.8) is 0 Å². The molecule has 2 fully saturated rings. The molecule has 2 aromatic carbocycles. The topological polar surface area (TPSA) is 210 Å². The number of benzene rings is 2. The van der Waals surface area contributed by atoms with Crippen molar-refractivity contribution in [2.75, 3.05) is 37.9 Å². The predicted octanol–water partition coefficient (Wildman–Crippen LogP) is 6.26. The van der Waals surface area contributed by atoms with Crippen molar-refractivity contribution >= 4 is 66.7 Å². The molecule has 18 heteroatoms. The number of sulfonamides is 1. The average Bonchev–Trinajstić information content (AvgIpc) is 3.53. The molecule has 5 atom stereocenters. The van der Waals surface area contributed by atoms with Crippen LogP contribution >= 0.6 is 11.3 Å². The molecule has 2 aromatic heterocycles. The van der Waals surface area contributed by atoms with E-state index in [-0.39, 0.29) is 48.6 Å². The van der Waals surface area contributed by atoms with E-state index < -0.39 is 57.3 Å². The lowest BCUT2D eigenvalue weighted by Gasteiger charge is -2.28. The number of methoxy groups -OCH3 is 1. The Hall–Kier alpha value is -5.75. The second-order valence-electron chi connectivity index (χ2n) is 17.8. The normalized spacial score (nSPS) is 22.9. The molecular formula is C47H60N8O8S2. The molecule has 4 heterocycles. The number of para-hydroxylation sites is 1. The molecule has 1 saturated heterocycles. The Bertz CT molecular complexity index is 2550. The highest BCUT2D eigenvalue weighted by atomic mass is 32.2. The molecule has 4 aromatic rings. The van der Waals surface area contributed by atoms with Gasteiger partial charge >= 0.3 is 0 Å². The first-order valence-electron chi connectivity index (χ1n) is 22.4. The number of fused-ring (bicyclic) bond motifs is 3. The number of carbonyl (C=O) groups is 4. The Labute approximate surface area is 384 Å². The van der Waals surface area contributed by atoms with Gasteiger partial charge < -0.3 is 35.6 Å². The number of nitrogens with one attached hydrogen (secondary N) is 5. The second-order valence-corrected chi connectivity index (χ2v) is 20.3. The summed E-state index contributed by atoms with van der Waals surface area (Å²) in [5, 5.41) is 15.5. The average molecular weight is 929 g/mol. The van der Waals surface area contributed by atoms with Crippen molar-refractivity contribution in [1.29, 1.82) is 0 Å². The smallest absolute Gasteiger partial charge is 0.266 e. The van der Waals surface area contributed by atoms with Crippen LogP contribution in [-0.2, 0) is 29.2 Å². The number of likely N-dealkylation sites (tertiary alicyclic amines) is 1. The number of amides is 4. The van der Waals surface area contributed by atoms with Crippen LogP contribution in [0.5, 0.6) is 11.5 Å². The zero-order chi connectivity index (χ0) is 46.5. The minimum atomic E-state index is -4.38. The molecule has 348 valence electrons. The molecule has 16 nitrogen and oxygen atoms in total. The summed E-state index contributed by atoms with van der Waals surface area (Å²) in [5.74, 6) is -2.21. The van der Waals surface area contributed by atoms with E-state index in [0.29, 0.717) is 52.4 Å². The maximum atomic E-state index is 14.8. The van der Waals surface area contributed by atoms with Gasteiger partial charge in [-0.05, 0) is 76.1 Å². The van der Waals surface area contributed by atoms with Crippen LogP contribution in [-0.4, -0.2) is 97.9 Å². The fourth-order valence-electron chi connectivity index (χ4n) is 8.66. The highest BCUT2D eigenvalue weighted by Gasteiger charge is 2.61. The Morgan fingerprint density at radius 3 is 2.58 bits per heavy atom. The van der Waals surface area contributed by atoms with Gasteiger partial charge in [-0.2, -0.15) is 0 Å². The van der Waals surface area contributed by atoms with E-state index >= 15 is 0 Å². The standard InChI is InChI=1S/C47H60N8O8S2/c1-28(2)20-30(43(57)48-5)21-42(56)55-26-33(63-40-24-37(38-27-64-46(52-38)50-29(3)4)51-36-22-32(62-6)17-18-34(36)40)23-39(55)44(58)53-47-25-31(47)14-10-8-7-9-13-19-49-35-15-11-12-16-41(35)65(60,61)54-45(47)59/h10-12,14-18,22,24,27-31,33,39,49H,7-9,13,19-21,23,25-26H2,1-6H3,(H,48,57)(H,50,52)(H,53,58)(H,54,59)/b14-10-/t30-,31+,33+,39-,47+/m0/s1. The number of rotatable bonds is 13. The van der Waals surface area contributed by atoms with E-state index in [1.165, 1.54) is 29.4 Å². The number of anilines is 2. The first-order valence-corrected chi connectivity index (χ1v) is 24.7. The third-order valence-corrected chi connectivity index (χ3v) is 14.2. The van der Waals surface area contributed by atoms with Gasteiger partial charge in [0.25, 0.3) is 15.9 Å². The van der Waals surface area contributed by atoms with E-state index in [0.717, 1.165) is 30.8 Å². The van der Waals surface area contributed by atoms with Crippen LogP contribution in [0.15, 0.2) is 71.0 Å². The Balaban J connectivity index is 1.21. The van der Waals surface area contributed by atoms with Crippen molar-refractivity contribution in [2.24, 2.45) is 17.8 Å². The van der Waals surface area contributed by atoms with E-state index in [4.69, 9.17) is 19.4 Å². The number of hydrogen-bond acceptors (Lipinski definition) is 13. The van der Waals surface area contributed by atoms with Crippen LogP contribution in [0.3, 0.4) is 0 Å². The van der Waals surface area contributed by atoms with Crippen LogP contribution in [0.4, 0.5) is 10.8 Å². The summed E-state index contributed by atoms with van der Waals surface area (Å²) in [6.07, 6.45) is 7.00. The first-order chi connectivity index (χ1) is 31.1. The molecule has 0 bridgehead atoms. The lowest BCUT2D eigenvalue weighted by molar-refractivity contribution is -0.142. The lowest BCUT2D eigenvalue weighted by atomic mass is 9.92. The summed E-state index contributed by atoms with van der Waals surface area (Å²) in [5.41, 5.74) is 0.529. The summed E-state index contributed by atoms with van der Waals surface area (Å²) >= 11 is 1.45. The fourth-order valence-corrected chi connectivity index (χ4v) is 10.7. The summed E-state index contributed by atoms with van der Waals surface area (Å²) in [6, 6.07) is 12.7. The first kappa shape index (κ1) is 47.2. The maximum absolute atomic E-state index is 14.8. The largest absolute Gasteiger partial charge is 0.497 e. The zero-order valence-corrected chi connectivity index (χ0v) is 39.4. The molecule has 0 spiro atoms. The Kier molecular flexibility index (Phi) is 14.7. The Morgan fingerprint density at radius 1 is 1.03 bits per heavy atom. The quantitative estimate of drug-likeness (QED) is 0.0942. The van der Waals surface area contributed by atoms with Gasteiger partial charge in [-0.3, -0.25) is 19.2 Å². The molecule has 65 heavy (non-hydrogen) atoms. The fraction of sp³-hybridized carbons (Fsp3) is 0.489. The van der Waals surface area contributed by atoms with E-state index in [1.807, 2.05) is 51.3 Å². The number of carbonyl (C=O) groups excluding carboxylic acids is 4. The van der Waals surface area contributed by atoms with Crippen molar-refractivity contribution in [2.45, 2.75) is 108 Å². The SMILES string of the molecule is CNC(=O)[C@H](CC(=O)N1C[C@H](Oc2cc(-c3csc(NC(C)C)n3)nc3cc(OC)ccc23)C[C@H]1C(=O)N[C@]12C[C@H]1/C=C\CCCCCNc1ccccc1S(=O)(=O)NC2=O)CC(C)C. The van der Waals surface area contributed by atoms with Gasteiger partial charge in [0, 0.05) is 67.2 Å². The Morgan fingerprint density at radius 2 is 1.83 bits per heavy atom. The minimum Gasteiger partial charge on any atom is -0.497 e. The van der Waals surface area contributed by atoms with Crippen LogP contribution in [0, 0.1) is 17.8 Å². The molecule has 1 aliphatic carbocycles. The van der Waals surface area contributed by atoms with E-state index in [9.17, 15) is 27.6 Å². The number of hydrogen-bond donors (Lipinski definition) is 5. The number of thiazole rings is 1. The van der Waals surface area contributed by atoms with Crippen LogP contribution in [0.1, 0.15) is 79.1 Å². The van der Waals surface area contributed by atoms with Gasteiger partial charge in [0.05, 0.1) is 30.6 Å². The zero-order valence-electron chi connectivity index (χ0n) is 37.8. The molecule has 5 N–H and O–H groups in total. The lowest BCUT2D eigenvalue weighted by Crippen LogP contribution is -2.56. The summed E-state index contributed by atoms with van der Waals surface area (Å²) in [6.45, 7) is 8.56. The summed E-state index contributed by atoms with van der Waals surface area (Å²) in [4.78, 5) is 67.7. The highest BCUT2D eigenvalue weighted by Crippen LogP contribution is 2.46. The van der Waals surface area contributed by atoms with Crippen molar-refractivity contribution < 1.29 is 37.1 Å². The molecule has 4 amide bonds. The molecule has 0 unspecified atom stereocenters. The molecule has 2 aliphatic heterocycles. The molecule has 7 rings (SSSR count). The molecular weight excluding hydrogens is 869 g/mol. The predicted molar refractivity (Wildman–Crippen MR) is 251 cm³/mol. The number of pyridine rings is 1. The van der Waals surface area contributed by atoms with Gasteiger partial charge in [0.1, 0.15) is 39.8 Å². The highest BCUT2D eigenvalue weighted by molar-refractivity contribution is 7.90. The summed E-state index contributed by atoms with van der Waals surface area (Å²) in [7, 11) is -1.28. The molecule has 0 radical (unpaired) electrons. The third-order valence-electron chi connectivity index (χ3n) is 12.0. The van der Waals surface area contributed by atoms with Crippen LogP contribution < -0.4 is 35.5 Å².